The molecule has 0 spiro atoms. The Bertz CT molecular complexity index is 1990. The zero-order valence-electron chi connectivity index (χ0n) is 24.1. The number of thioether (sulfide) groups is 1. The summed E-state index contributed by atoms with van der Waals surface area (Å²) in [5.41, 5.74) is 3.16. The van der Waals surface area contributed by atoms with E-state index in [0.29, 0.717) is 23.7 Å². The number of amides is 2. The normalized spacial score (nSPS) is 15.4. The zero-order valence-corrected chi connectivity index (χ0v) is 24.9. The second-order valence-corrected chi connectivity index (χ2v) is 11.9. The lowest BCUT2D eigenvalue weighted by Gasteiger charge is -2.16. The number of nitriles is 1. The Balaban J connectivity index is 1.10. The van der Waals surface area contributed by atoms with Gasteiger partial charge in [-0.25, -0.2) is 14.7 Å². The molecular weight excluding hydrogens is 619 g/mol. The molecule has 12 heteroatoms. The monoisotopic (exact) mass is 641 g/mol. The number of ether oxygens (including phenoxy) is 1. The van der Waals surface area contributed by atoms with Gasteiger partial charge in [0, 0.05) is 17.7 Å². The van der Waals surface area contributed by atoms with Gasteiger partial charge in [0.1, 0.15) is 11.1 Å². The van der Waals surface area contributed by atoms with Crippen molar-refractivity contribution in [3.63, 3.8) is 0 Å². The zero-order chi connectivity index (χ0) is 32.7. The van der Waals surface area contributed by atoms with Crippen molar-refractivity contribution < 1.29 is 37.1 Å². The number of esters is 1. The molecule has 1 unspecified atom stereocenters. The van der Waals surface area contributed by atoms with Gasteiger partial charge in [0.15, 0.2) is 12.4 Å². The third-order valence-corrected chi connectivity index (χ3v) is 8.87. The predicted octanol–water partition coefficient (Wildman–Crippen LogP) is 6.32. The van der Waals surface area contributed by atoms with E-state index in [9.17, 15) is 37.6 Å². The van der Waals surface area contributed by atoms with Gasteiger partial charge in [0.05, 0.1) is 27.6 Å². The number of benzene rings is 3. The fourth-order valence-electron chi connectivity index (χ4n) is 5.53. The Kier molecular flexibility index (Phi) is 7.96. The van der Waals surface area contributed by atoms with Gasteiger partial charge >= 0.3 is 12.1 Å². The highest BCUT2D eigenvalue weighted by Crippen LogP contribution is 2.40. The Morgan fingerprint density at radius 2 is 1.70 bits per heavy atom. The number of rotatable bonds is 7. The molecule has 1 atom stereocenters. The number of carbonyl (C=O) groups excluding carboxylic acids is 4. The number of carbonyl (C=O) groups is 4. The Morgan fingerprint density at radius 3 is 2.41 bits per heavy atom. The summed E-state index contributed by atoms with van der Waals surface area (Å²) in [6, 6.07) is 21.1. The smallest absolute Gasteiger partial charge is 0.417 e. The highest BCUT2D eigenvalue weighted by atomic mass is 32.2. The first kappa shape index (κ1) is 30.7. The molecule has 1 aliphatic carbocycles. The molecule has 3 aromatic carbocycles. The molecule has 2 heterocycles. The fourth-order valence-corrected chi connectivity index (χ4v) is 6.70. The van der Waals surface area contributed by atoms with Crippen molar-refractivity contribution in [2.45, 2.75) is 36.2 Å². The number of ketones is 1. The molecule has 0 radical (unpaired) electrons. The van der Waals surface area contributed by atoms with Crippen LogP contribution >= 0.6 is 11.8 Å². The number of hydrogen-bond acceptors (Lipinski definition) is 8. The van der Waals surface area contributed by atoms with E-state index in [1.807, 2.05) is 30.3 Å². The van der Waals surface area contributed by atoms with Crippen LogP contribution in [-0.4, -0.2) is 40.4 Å². The minimum absolute atomic E-state index is 0.00452. The van der Waals surface area contributed by atoms with Gasteiger partial charge in [-0.3, -0.25) is 14.4 Å². The number of anilines is 1. The minimum atomic E-state index is -4.80. The Labute approximate surface area is 264 Å². The van der Waals surface area contributed by atoms with Gasteiger partial charge in [0.25, 0.3) is 0 Å². The fraction of sp³-hybridized carbons (Fsp3) is 0.176. The van der Waals surface area contributed by atoms with Crippen LogP contribution in [0.2, 0.25) is 0 Å². The first-order chi connectivity index (χ1) is 21.9. The number of aryl methyl sites for hydroxylation is 1. The van der Waals surface area contributed by atoms with E-state index in [4.69, 9.17) is 4.74 Å². The highest BCUT2D eigenvalue weighted by molar-refractivity contribution is 8.00. The first-order valence-electron chi connectivity index (χ1n) is 14.0. The van der Waals surface area contributed by atoms with Crippen LogP contribution < -0.4 is 4.90 Å². The molecule has 2 aliphatic rings. The molecule has 0 saturated carbocycles. The van der Waals surface area contributed by atoms with Crippen LogP contribution in [0.25, 0.3) is 11.1 Å². The molecule has 8 nitrogen and oxygen atoms in total. The summed E-state index contributed by atoms with van der Waals surface area (Å²) in [5, 5.41) is 8.01. The average molecular weight is 642 g/mol. The first-order valence-corrected chi connectivity index (χ1v) is 14.9. The molecule has 1 aliphatic heterocycles. The van der Waals surface area contributed by atoms with Gasteiger partial charge in [0.2, 0.25) is 11.8 Å². The summed E-state index contributed by atoms with van der Waals surface area (Å²) < 4.78 is 45.7. The lowest BCUT2D eigenvalue weighted by atomic mass is 10.0. The number of Topliss-reactive ketones (excluding diaryl/α,β-unsaturated/α-hetero) is 1. The van der Waals surface area contributed by atoms with E-state index in [2.05, 4.69) is 4.98 Å². The number of nitrogens with zero attached hydrogens (tertiary/aromatic N) is 3. The van der Waals surface area contributed by atoms with Crippen molar-refractivity contribution in [3.8, 4) is 17.2 Å². The number of halogens is 3. The summed E-state index contributed by atoms with van der Waals surface area (Å²) in [4.78, 5) is 56.4. The van der Waals surface area contributed by atoms with Crippen LogP contribution in [0.5, 0.6) is 0 Å². The molecule has 0 N–H and O–H groups in total. The summed E-state index contributed by atoms with van der Waals surface area (Å²) in [6.45, 7) is 0.852. The second-order valence-electron chi connectivity index (χ2n) is 10.7. The molecular formula is C34H22F3N3O5S. The van der Waals surface area contributed by atoms with E-state index in [-0.39, 0.29) is 34.2 Å². The number of hydrogen-bond donors (Lipinski definition) is 0. The Morgan fingerprint density at radius 1 is 1.00 bits per heavy atom. The number of fused-ring (bicyclic) bond motifs is 3. The largest absolute Gasteiger partial charge is 0.454 e. The van der Waals surface area contributed by atoms with E-state index in [1.54, 1.807) is 12.1 Å². The van der Waals surface area contributed by atoms with Crippen LogP contribution in [-0.2, 0) is 26.9 Å². The van der Waals surface area contributed by atoms with E-state index < -0.39 is 46.9 Å². The van der Waals surface area contributed by atoms with E-state index in [0.717, 1.165) is 27.7 Å². The van der Waals surface area contributed by atoms with Crippen molar-refractivity contribution in [1.29, 1.82) is 5.26 Å². The number of imide groups is 1. The third-order valence-electron chi connectivity index (χ3n) is 7.70. The van der Waals surface area contributed by atoms with Gasteiger partial charge < -0.3 is 4.74 Å². The minimum Gasteiger partial charge on any atom is -0.454 e. The summed E-state index contributed by atoms with van der Waals surface area (Å²) in [7, 11) is 0. The molecule has 1 saturated heterocycles. The quantitative estimate of drug-likeness (QED) is 0.115. The number of alkyl halides is 3. The van der Waals surface area contributed by atoms with Crippen LogP contribution in [0.1, 0.15) is 55.1 Å². The van der Waals surface area contributed by atoms with Crippen LogP contribution in [0.3, 0.4) is 0 Å². The highest BCUT2D eigenvalue weighted by Gasteiger charge is 2.42. The van der Waals surface area contributed by atoms with Gasteiger partial charge in [-0.05, 0) is 72.0 Å². The van der Waals surface area contributed by atoms with E-state index in [1.165, 1.54) is 42.8 Å². The summed E-state index contributed by atoms with van der Waals surface area (Å²) >= 11 is 0.624. The maximum atomic E-state index is 13.5. The van der Waals surface area contributed by atoms with Crippen LogP contribution in [0.15, 0.2) is 77.8 Å². The standard InChI is InChI=1S/C34H22F3N3O5S/c1-18-12-27(34(35,36)37)26(16-38)31(39-18)46-29-15-30(42)40(32(29)43)23-9-6-19(7-10-23)33(44)45-17-28(41)21-8-11-25-22(14-21)13-20-4-2-3-5-24(20)25/h2-12,14,29H,13,15,17H2,1H3. The SMILES string of the molecule is Cc1cc(C(F)(F)F)c(C#N)c(SC2CC(=O)N(c3ccc(C(=O)OCC(=O)c4ccc5c(c4)Cc4ccccc4-5)cc3)C2=O)n1. The molecule has 46 heavy (non-hydrogen) atoms. The average Bonchev–Trinajstić information content (AvgIpc) is 3.54. The maximum absolute atomic E-state index is 13.5. The molecule has 4 aromatic rings. The molecule has 1 aromatic heterocycles. The second kappa shape index (κ2) is 11.9. The lowest BCUT2D eigenvalue weighted by Crippen LogP contribution is -2.31. The molecule has 0 bridgehead atoms. The third kappa shape index (κ3) is 5.77. The van der Waals surface area contributed by atoms with Crippen molar-refractivity contribution in [1.82, 2.24) is 4.98 Å². The van der Waals surface area contributed by atoms with Crippen molar-refractivity contribution in [2.75, 3.05) is 11.5 Å². The topological polar surface area (TPSA) is 117 Å². The maximum Gasteiger partial charge on any atom is 0.417 e. The van der Waals surface area contributed by atoms with Gasteiger partial charge in [-0.15, -0.1) is 0 Å². The van der Waals surface area contributed by atoms with E-state index >= 15 is 0 Å². The number of aromatic nitrogens is 1. The molecule has 1 fully saturated rings. The summed E-state index contributed by atoms with van der Waals surface area (Å²) in [6.07, 6.45) is -4.42. The molecule has 6 rings (SSSR count). The number of pyridine rings is 1. The van der Waals surface area contributed by atoms with Crippen LogP contribution in [0, 0.1) is 18.3 Å². The molecule has 2 amide bonds. The van der Waals surface area contributed by atoms with Crippen molar-refractivity contribution in [3.05, 3.63) is 112 Å². The van der Waals surface area contributed by atoms with Crippen molar-refractivity contribution >= 4 is 41.0 Å². The molecule has 230 valence electrons. The van der Waals surface area contributed by atoms with Crippen molar-refractivity contribution in [2.24, 2.45) is 0 Å². The lowest BCUT2D eigenvalue weighted by molar-refractivity contribution is -0.138. The van der Waals surface area contributed by atoms with Gasteiger partial charge in [-0.1, -0.05) is 48.2 Å². The Hall–Kier alpha value is -5.28. The predicted molar refractivity (Wildman–Crippen MR) is 161 cm³/mol. The summed E-state index contributed by atoms with van der Waals surface area (Å²) in [5.74, 6) is -2.46. The van der Waals surface area contributed by atoms with Gasteiger partial charge in [-0.2, -0.15) is 18.4 Å². The van der Waals surface area contributed by atoms with Crippen LogP contribution in [0.4, 0.5) is 18.9 Å².